The molecule has 1 rings (SSSR count). The molecule has 0 aliphatic carbocycles. The van der Waals surface area contributed by atoms with Crippen LogP contribution in [0.25, 0.3) is 0 Å². The first-order valence-corrected chi connectivity index (χ1v) is 10.1. The zero-order valence-corrected chi connectivity index (χ0v) is 18.1. The lowest BCUT2D eigenvalue weighted by atomic mass is 10.1. The molecular weight excluding hydrogens is 462 g/mol. The van der Waals surface area contributed by atoms with Crippen molar-refractivity contribution in [1.29, 1.82) is 0 Å². The summed E-state index contributed by atoms with van der Waals surface area (Å²) in [6.07, 6.45) is 0.905. The molecule has 0 bridgehead atoms. The van der Waals surface area contributed by atoms with Gasteiger partial charge in [0.05, 0.1) is 25.2 Å². The summed E-state index contributed by atoms with van der Waals surface area (Å²) in [5, 5.41) is 24.6. The van der Waals surface area contributed by atoms with Crippen LogP contribution in [0.1, 0.15) is 18.5 Å². The number of hydrogen-bond acceptors (Lipinski definition) is 9. The standard InChI is InChI=1S/C17H25N7O8S/c18-8(5-33)14(28)22-10(2-12(19)25)16(30)23-9(1-7-4-20-6-21-7)15(29)24-11(17(31)32)3-13(26)27/h4,6,8-11,33H,1-3,5,18H2,(H2,19,25)(H,20,21)(H,22,28)(H,23,30)(H,24,29)(H,26,27)(H,31,32). The number of aliphatic carboxylic acids is 2. The average Bonchev–Trinajstić information content (AvgIpc) is 3.23. The number of amides is 4. The summed E-state index contributed by atoms with van der Waals surface area (Å²) < 4.78 is 0. The molecule has 1 heterocycles. The Hall–Kier alpha value is -3.66. The first-order valence-electron chi connectivity index (χ1n) is 9.42. The maximum absolute atomic E-state index is 12.8. The van der Waals surface area contributed by atoms with Gasteiger partial charge in [0.15, 0.2) is 0 Å². The van der Waals surface area contributed by atoms with Crippen LogP contribution in [-0.4, -0.2) is 85.7 Å². The molecule has 0 aliphatic heterocycles. The number of aromatic nitrogens is 2. The minimum atomic E-state index is -1.77. The highest BCUT2D eigenvalue weighted by molar-refractivity contribution is 7.80. The van der Waals surface area contributed by atoms with Gasteiger partial charge in [-0.15, -0.1) is 0 Å². The van der Waals surface area contributed by atoms with E-state index in [1.807, 2.05) is 5.32 Å². The van der Waals surface area contributed by atoms with Crippen LogP contribution in [-0.2, 0) is 35.2 Å². The molecule has 1 aromatic heterocycles. The van der Waals surface area contributed by atoms with Crippen molar-refractivity contribution in [2.24, 2.45) is 11.5 Å². The Morgan fingerprint density at radius 1 is 0.970 bits per heavy atom. The Balaban J connectivity index is 3.08. The predicted octanol–water partition coefficient (Wildman–Crippen LogP) is -3.90. The topological polar surface area (TPSA) is 260 Å². The summed E-state index contributed by atoms with van der Waals surface area (Å²) in [5.74, 6) is -6.87. The Bertz CT molecular complexity index is 879. The molecule has 4 amide bonds. The van der Waals surface area contributed by atoms with Crippen molar-refractivity contribution in [2.75, 3.05) is 5.75 Å². The number of nitrogens with two attached hydrogens (primary N) is 2. The number of aromatic amines is 1. The summed E-state index contributed by atoms with van der Waals surface area (Å²) in [6.45, 7) is 0. The number of primary amides is 1. The number of carboxylic acid groups (broad SMARTS) is 2. The van der Waals surface area contributed by atoms with Gasteiger partial charge < -0.3 is 42.6 Å². The fourth-order valence-corrected chi connectivity index (χ4v) is 2.68. The van der Waals surface area contributed by atoms with Gasteiger partial charge in [-0.25, -0.2) is 9.78 Å². The maximum atomic E-state index is 12.8. The Kier molecular flexibility index (Phi) is 10.8. The average molecular weight is 487 g/mol. The summed E-state index contributed by atoms with van der Waals surface area (Å²) in [6, 6.07) is -5.79. The van der Waals surface area contributed by atoms with Gasteiger partial charge >= 0.3 is 11.9 Å². The number of thiol groups is 1. The lowest BCUT2D eigenvalue weighted by Gasteiger charge is -2.24. The number of rotatable bonds is 14. The van der Waals surface area contributed by atoms with E-state index in [0.717, 1.165) is 0 Å². The molecule has 0 spiro atoms. The Morgan fingerprint density at radius 3 is 2.03 bits per heavy atom. The van der Waals surface area contributed by atoms with Crippen molar-refractivity contribution >= 4 is 48.2 Å². The molecular formula is C17H25N7O8S. The lowest BCUT2D eigenvalue weighted by Crippen LogP contribution is -2.58. The summed E-state index contributed by atoms with van der Waals surface area (Å²) in [5.41, 5.74) is 11.0. The second kappa shape index (κ2) is 13.0. The van der Waals surface area contributed by atoms with Gasteiger partial charge in [-0.1, -0.05) is 0 Å². The molecule has 16 heteroatoms. The fraction of sp³-hybridized carbons (Fsp3) is 0.471. The molecule has 4 unspecified atom stereocenters. The highest BCUT2D eigenvalue weighted by atomic mass is 32.1. The molecule has 0 aromatic carbocycles. The van der Waals surface area contributed by atoms with E-state index < -0.39 is 72.6 Å². The van der Waals surface area contributed by atoms with E-state index in [-0.39, 0.29) is 12.2 Å². The number of imidazole rings is 1. The SMILES string of the molecule is NC(=O)CC(NC(=O)C(N)CS)C(=O)NC(Cc1cnc[nH]1)C(=O)NC(CC(=O)O)C(=O)O. The first-order chi connectivity index (χ1) is 15.4. The van der Waals surface area contributed by atoms with Crippen LogP contribution in [0.5, 0.6) is 0 Å². The van der Waals surface area contributed by atoms with Gasteiger partial charge in [-0.2, -0.15) is 12.6 Å². The van der Waals surface area contributed by atoms with Crippen molar-refractivity contribution in [3.05, 3.63) is 18.2 Å². The van der Waals surface area contributed by atoms with Crippen molar-refractivity contribution in [3.8, 4) is 0 Å². The molecule has 182 valence electrons. The molecule has 0 saturated heterocycles. The fourth-order valence-electron chi connectivity index (χ4n) is 2.52. The van der Waals surface area contributed by atoms with Crippen LogP contribution >= 0.6 is 12.6 Å². The van der Waals surface area contributed by atoms with Crippen LogP contribution in [0.4, 0.5) is 0 Å². The minimum Gasteiger partial charge on any atom is -0.481 e. The molecule has 0 aliphatic rings. The Morgan fingerprint density at radius 2 is 1.55 bits per heavy atom. The van der Waals surface area contributed by atoms with E-state index in [1.165, 1.54) is 12.5 Å². The van der Waals surface area contributed by atoms with E-state index in [0.29, 0.717) is 5.69 Å². The van der Waals surface area contributed by atoms with Crippen LogP contribution in [0.15, 0.2) is 12.5 Å². The molecule has 0 radical (unpaired) electrons. The third-order valence-electron chi connectivity index (χ3n) is 4.18. The van der Waals surface area contributed by atoms with E-state index in [2.05, 4.69) is 33.2 Å². The summed E-state index contributed by atoms with van der Waals surface area (Å²) in [4.78, 5) is 77.5. The van der Waals surface area contributed by atoms with Crippen molar-refractivity contribution in [2.45, 2.75) is 43.4 Å². The first kappa shape index (κ1) is 27.4. The third kappa shape index (κ3) is 9.56. The van der Waals surface area contributed by atoms with Gasteiger partial charge in [0.1, 0.15) is 18.1 Å². The van der Waals surface area contributed by atoms with E-state index >= 15 is 0 Å². The maximum Gasteiger partial charge on any atom is 0.326 e. The molecule has 4 atom stereocenters. The van der Waals surface area contributed by atoms with Gasteiger partial charge in [0, 0.05) is 24.1 Å². The molecule has 0 fully saturated rings. The van der Waals surface area contributed by atoms with Crippen LogP contribution in [0, 0.1) is 0 Å². The van der Waals surface area contributed by atoms with Crippen molar-refractivity contribution in [1.82, 2.24) is 25.9 Å². The van der Waals surface area contributed by atoms with Gasteiger partial charge in [-0.05, 0) is 0 Å². The molecule has 33 heavy (non-hydrogen) atoms. The smallest absolute Gasteiger partial charge is 0.326 e. The van der Waals surface area contributed by atoms with E-state index in [1.54, 1.807) is 0 Å². The van der Waals surface area contributed by atoms with Crippen molar-refractivity contribution < 1.29 is 39.0 Å². The number of carbonyl (C=O) groups excluding carboxylic acids is 4. The predicted molar refractivity (Wildman–Crippen MR) is 114 cm³/mol. The van der Waals surface area contributed by atoms with E-state index in [4.69, 9.17) is 21.7 Å². The summed E-state index contributed by atoms with van der Waals surface area (Å²) in [7, 11) is 0. The largest absolute Gasteiger partial charge is 0.481 e. The second-order valence-corrected chi connectivity index (χ2v) is 7.23. The molecule has 10 N–H and O–H groups in total. The number of nitrogens with one attached hydrogen (secondary N) is 4. The van der Waals surface area contributed by atoms with Crippen LogP contribution in [0.3, 0.4) is 0 Å². The lowest BCUT2D eigenvalue weighted by molar-refractivity contribution is -0.147. The zero-order chi connectivity index (χ0) is 25.1. The van der Waals surface area contributed by atoms with Gasteiger partial charge in [0.2, 0.25) is 23.6 Å². The molecule has 1 aromatic rings. The molecule has 15 nitrogen and oxygen atoms in total. The van der Waals surface area contributed by atoms with Gasteiger partial charge in [-0.3, -0.25) is 24.0 Å². The number of hydrogen-bond donors (Lipinski definition) is 9. The number of carbonyl (C=O) groups is 6. The number of nitrogens with zero attached hydrogens (tertiary/aromatic N) is 1. The minimum absolute atomic E-state index is 0.0538. The third-order valence-corrected chi connectivity index (χ3v) is 4.57. The van der Waals surface area contributed by atoms with Crippen LogP contribution in [0.2, 0.25) is 0 Å². The number of carboxylic acids is 2. The highest BCUT2D eigenvalue weighted by Crippen LogP contribution is 2.04. The summed E-state index contributed by atoms with van der Waals surface area (Å²) >= 11 is 3.87. The zero-order valence-electron chi connectivity index (χ0n) is 17.2. The monoisotopic (exact) mass is 487 g/mol. The van der Waals surface area contributed by atoms with E-state index in [9.17, 15) is 28.8 Å². The Labute approximate surface area is 192 Å². The van der Waals surface area contributed by atoms with Crippen molar-refractivity contribution in [3.63, 3.8) is 0 Å². The molecule has 0 saturated carbocycles. The van der Waals surface area contributed by atoms with Crippen LogP contribution < -0.4 is 27.4 Å². The second-order valence-electron chi connectivity index (χ2n) is 6.86. The van der Waals surface area contributed by atoms with Gasteiger partial charge in [0.25, 0.3) is 0 Å². The highest BCUT2D eigenvalue weighted by Gasteiger charge is 2.32. The quantitative estimate of drug-likeness (QED) is 0.115. The number of H-pyrrole nitrogens is 1. The normalized spacial score (nSPS) is 14.2.